The standard InChI is InChI=1S/C10H10IN3O2S/c1-6-7(17-5-14-6)2-3-16-10-8(11)9(15)12-4-13-10/h4-5H,2-3H2,1H3,(H,12,13,15). The molecule has 0 unspecified atom stereocenters. The van der Waals surface area contributed by atoms with Crippen LogP contribution in [0.3, 0.4) is 0 Å². The first-order chi connectivity index (χ1) is 8.18. The van der Waals surface area contributed by atoms with E-state index in [1.807, 2.05) is 35.0 Å². The summed E-state index contributed by atoms with van der Waals surface area (Å²) in [5.74, 6) is 0.386. The van der Waals surface area contributed by atoms with Crippen molar-refractivity contribution in [3.63, 3.8) is 0 Å². The highest BCUT2D eigenvalue weighted by Gasteiger charge is 2.07. The Hall–Kier alpha value is -0.960. The average molecular weight is 363 g/mol. The Labute approximate surface area is 115 Å². The van der Waals surface area contributed by atoms with Crippen molar-refractivity contribution in [3.05, 3.63) is 36.3 Å². The molecule has 0 aliphatic rings. The molecule has 0 aliphatic heterocycles. The van der Waals surface area contributed by atoms with Gasteiger partial charge in [-0.3, -0.25) is 4.79 Å². The minimum Gasteiger partial charge on any atom is -0.476 e. The van der Waals surface area contributed by atoms with Crippen LogP contribution < -0.4 is 10.3 Å². The highest BCUT2D eigenvalue weighted by molar-refractivity contribution is 14.1. The molecule has 90 valence electrons. The molecule has 7 heteroatoms. The van der Waals surface area contributed by atoms with E-state index in [-0.39, 0.29) is 5.56 Å². The second-order valence-corrected chi connectivity index (χ2v) is 5.33. The third-order valence-corrected chi connectivity index (χ3v) is 4.12. The lowest BCUT2D eigenvalue weighted by molar-refractivity contribution is 0.306. The van der Waals surface area contributed by atoms with Gasteiger partial charge < -0.3 is 9.72 Å². The van der Waals surface area contributed by atoms with Crippen LogP contribution in [-0.2, 0) is 6.42 Å². The van der Waals surface area contributed by atoms with Crippen molar-refractivity contribution < 1.29 is 4.74 Å². The number of hydrogen-bond donors (Lipinski definition) is 1. The molecule has 0 amide bonds. The minimum absolute atomic E-state index is 0.176. The van der Waals surface area contributed by atoms with E-state index in [1.165, 1.54) is 11.2 Å². The van der Waals surface area contributed by atoms with Gasteiger partial charge in [-0.1, -0.05) is 0 Å². The maximum absolute atomic E-state index is 11.3. The summed E-state index contributed by atoms with van der Waals surface area (Å²) in [7, 11) is 0. The topological polar surface area (TPSA) is 67.9 Å². The molecule has 2 rings (SSSR count). The number of thiazole rings is 1. The number of aromatic amines is 1. The van der Waals surface area contributed by atoms with Crippen LogP contribution in [0.2, 0.25) is 0 Å². The predicted octanol–water partition coefficient (Wildman–Crippen LogP) is 1.76. The average Bonchev–Trinajstić information content (AvgIpc) is 2.71. The number of hydrogen-bond acceptors (Lipinski definition) is 5. The van der Waals surface area contributed by atoms with Gasteiger partial charge in [-0.15, -0.1) is 11.3 Å². The van der Waals surface area contributed by atoms with Gasteiger partial charge in [-0.05, 0) is 29.5 Å². The van der Waals surface area contributed by atoms with E-state index in [9.17, 15) is 4.79 Å². The van der Waals surface area contributed by atoms with Crippen LogP contribution >= 0.6 is 33.9 Å². The summed E-state index contributed by atoms with van der Waals surface area (Å²) >= 11 is 3.53. The molecule has 0 saturated carbocycles. The summed E-state index contributed by atoms with van der Waals surface area (Å²) in [5, 5.41) is 0. The molecule has 2 aromatic heterocycles. The zero-order valence-electron chi connectivity index (χ0n) is 9.07. The molecule has 5 nitrogen and oxygen atoms in total. The van der Waals surface area contributed by atoms with Crippen molar-refractivity contribution in [1.29, 1.82) is 0 Å². The largest absolute Gasteiger partial charge is 0.476 e. The van der Waals surface area contributed by atoms with Gasteiger partial charge in [0.1, 0.15) is 3.57 Å². The third kappa shape index (κ3) is 3.03. The van der Waals surface area contributed by atoms with E-state index in [0.717, 1.165) is 12.1 Å². The quantitative estimate of drug-likeness (QED) is 0.841. The summed E-state index contributed by atoms with van der Waals surface area (Å²) in [4.78, 5) is 23.1. The molecular formula is C10H10IN3O2S. The molecule has 2 aromatic rings. The Balaban J connectivity index is 1.97. The van der Waals surface area contributed by atoms with Gasteiger partial charge in [-0.2, -0.15) is 0 Å². The van der Waals surface area contributed by atoms with Crippen molar-refractivity contribution in [2.75, 3.05) is 6.61 Å². The molecule has 2 heterocycles. The Bertz CT molecular complexity index is 567. The fourth-order valence-corrected chi connectivity index (χ4v) is 2.49. The maximum atomic E-state index is 11.3. The second-order valence-electron chi connectivity index (χ2n) is 3.31. The molecule has 0 bridgehead atoms. The Morgan fingerprint density at radius 1 is 1.53 bits per heavy atom. The smallest absolute Gasteiger partial charge is 0.268 e. The lowest BCUT2D eigenvalue weighted by atomic mass is 10.3. The van der Waals surface area contributed by atoms with Crippen LogP contribution in [-0.4, -0.2) is 21.6 Å². The molecule has 0 aromatic carbocycles. The van der Waals surface area contributed by atoms with Gasteiger partial charge in [0.25, 0.3) is 5.56 Å². The van der Waals surface area contributed by atoms with Crippen LogP contribution in [0.25, 0.3) is 0 Å². The number of nitrogens with zero attached hydrogens (tertiary/aromatic N) is 2. The molecule has 0 fully saturated rings. The van der Waals surface area contributed by atoms with Crippen molar-refractivity contribution >= 4 is 33.9 Å². The van der Waals surface area contributed by atoms with Gasteiger partial charge in [0.2, 0.25) is 5.88 Å². The summed E-state index contributed by atoms with van der Waals surface area (Å²) in [6, 6.07) is 0. The lowest BCUT2D eigenvalue weighted by Gasteiger charge is -2.05. The predicted molar refractivity (Wildman–Crippen MR) is 73.6 cm³/mol. The lowest BCUT2D eigenvalue weighted by Crippen LogP contribution is -2.13. The summed E-state index contributed by atoms with van der Waals surface area (Å²) in [5.41, 5.74) is 2.68. The van der Waals surface area contributed by atoms with E-state index in [1.54, 1.807) is 11.3 Å². The molecule has 1 N–H and O–H groups in total. The second kappa shape index (κ2) is 5.58. The molecule has 0 saturated heterocycles. The van der Waals surface area contributed by atoms with Crippen LogP contribution in [0.5, 0.6) is 5.88 Å². The monoisotopic (exact) mass is 363 g/mol. The van der Waals surface area contributed by atoms with E-state index in [2.05, 4.69) is 15.0 Å². The zero-order valence-corrected chi connectivity index (χ0v) is 12.0. The summed E-state index contributed by atoms with van der Waals surface area (Å²) in [6.45, 7) is 2.47. The number of halogens is 1. The fourth-order valence-electron chi connectivity index (χ4n) is 1.27. The Kier molecular flexibility index (Phi) is 4.11. The molecule has 0 aliphatic carbocycles. The molecule has 0 radical (unpaired) electrons. The highest BCUT2D eigenvalue weighted by atomic mass is 127. The van der Waals surface area contributed by atoms with Crippen LogP contribution in [0.15, 0.2) is 16.6 Å². The molecule has 0 atom stereocenters. The zero-order chi connectivity index (χ0) is 12.3. The highest BCUT2D eigenvalue weighted by Crippen LogP contribution is 2.15. The van der Waals surface area contributed by atoms with E-state index in [4.69, 9.17) is 4.74 Å². The van der Waals surface area contributed by atoms with Gasteiger partial charge >= 0.3 is 0 Å². The SMILES string of the molecule is Cc1ncsc1CCOc1nc[nH]c(=O)c1I. The number of nitrogens with one attached hydrogen (secondary N) is 1. The van der Waals surface area contributed by atoms with E-state index >= 15 is 0 Å². The van der Waals surface area contributed by atoms with Crippen LogP contribution in [0.4, 0.5) is 0 Å². The van der Waals surface area contributed by atoms with E-state index in [0.29, 0.717) is 16.1 Å². The summed E-state index contributed by atoms with van der Waals surface area (Å²) < 4.78 is 5.96. The van der Waals surface area contributed by atoms with Crippen molar-refractivity contribution in [1.82, 2.24) is 15.0 Å². The van der Waals surface area contributed by atoms with Gasteiger partial charge in [0.05, 0.1) is 24.1 Å². The summed E-state index contributed by atoms with van der Waals surface area (Å²) in [6.07, 6.45) is 2.12. The minimum atomic E-state index is -0.176. The molecule has 17 heavy (non-hydrogen) atoms. The fraction of sp³-hybridized carbons (Fsp3) is 0.300. The first-order valence-corrected chi connectivity index (χ1v) is 6.89. The molecular weight excluding hydrogens is 353 g/mol. The van der Waals surface area contributed by atoms with Crippen molar-refractivity contribution in [2.24, 2.45) is 0 Å². The number of H-pyrrole nitrogens is 1. The Morgan fingerprint density at radius 3 is 3.06 bits per heavy atom. The third-order valence-electron chi connectivity index (χ3n) is 2.18. The van der Waals surface area contributed by atoms with Crippen LogP contribution in [0.1, 0.15) is 10.6 Å². The van der Waals surface area contributed by atoms with Gasteiger partial charge in [-0.25, -0.2) is 9.97 Å². The normalized spacial score (nSPS) is 10.5. The first-order valence-electron chi connectivity index (χ1n) is 4.93. The first kappa shape index (κ1) is 12.5. The van der Waals surface area contributed by atoms with Crippen molar-refractivity contribution in [2.45, 2.75) is 13.3 Å². The van der Waals surface area contributed by atoms with Gasteiger partial charge in [0, 0.05) is 11.3 Å². The van der Waals surface area contributed by atoms with Gasteiger partial charge in [0.15, 0.2) is 0 Å². The van der Waals surface area contributed by atoms with Crippen molar-refractivity contribution in [3.8, 4) is 5.88 Å². The number of ether oxygens (including phenoxy) is 1. The number of rotatable bonds is 4. The number of aromatic nitrogens is 3. The number of aryl methyl sites for hydroxylation is 1. The van der Waals surface area contributed by atoms with E-state index < -0.39 is 0 Å². The van der Waals surface area contributed by atoms with Crippen LogP contribution in [0, 0.1) is 10.5 Å². The Morgan fingerprint density at radius 2 is 2.35 bits per heavy atom. The molecule has 0 spiro atoms. The maximum Gasteiger partial charge on any atom is 0.268 e.